The molecule has 2 aromatic rings. The van der Waals surface area contributed by atoms with E-state index in [1.807, 2.05) is 12.1 Å². The molecule has 0 fully saturated rings. The van der Waals surface area contributed by atoms with E-state index in [0.717, 1.165) is 12.2 Å². The Bertz CT molecular complexity index is 519. The van der Waals surface area contributed by atoms with Gasteiger partial charge in [-0.15, -0.1) is 0 Å². The van der Waals surface area contributed by atoms with Crippen molar-refractivity contribution in [3.05, 3.63) is 65.2 Å². The molecule has 2 heteroatoms. The first-order chi connectivity index (χ1) is 9.22. The molecule has 0 spiro atoms. The third-order valence-electron chi connectivity index (χ3n) is 3.45. The molecule has 100 valence electrons. The zero-order valence-electron chi connectivity index (χ0n) is 11.6. The van der Waals surface area contributed by atoms with Crippen LogP contribution in [0.25, 0.3) is 0 Å². The Morgan fingerprint density at radius 2 is 1.84 bits per heavy atom. The van der Waals surface area contributed by atoms with Crippen LogP contribution in [0.4, 0.5) is 0 Å². The lowest BCUT2D eigenvalue weighted by atomic mass is 9.91. The highest BCUT2D eigenvalue weighted by Gasteiger charge is 2.10. The van der Waals surface area contributed by atoms with Crippen LogP contribution in [0.3, 0.4) is 0 Å². The molecular formula is C17H21NO. The van der Waals surface area contributed by atoms with Gasteiger partial charge in [0.15, 0.2) is 0 Å². The Labute approximate surface area is 115 Å². The van der Waals surface area contributed by atoms with Crippen molar-refractivity contribution in [1.29, 1.82) is 0 Å². The van der Waals surface area contributed by atoms with Gasteiger partial charge >= 0.3 is 0 Å². The Balaban J connectivity index is 2.16. The summed E-state index contributed by atoms with van der Waals surface area (Å²) in [5.41, 5.74) is 9.77. The lowest BCUT2D eigenvalue weighted by Gasteiger charge is -2.16. The van der Waals surface area contributed by atoms with Crippen molar-refractivity contribution >= 4 is 0 Å². The average Bonchev–Trinajstić information content (AvgIpc) is 2.46. The summed E-state index contributed by atoms with van der Waals surface area (Å²) in [6, 6.07) is 16.8. The van der Waals surface area contributed by atoms with Crippen molar-refractivity contribution in [2.45, 2.75) is 19.3 Å². The maximum atomic E-state index is 5.93. The van der Waals surface area contributed by atoms with Crippen LogP contribution in [0.1, 0.15) is 22.6 Å². The summed E-state index contributed by atoms with van der Waals surface area (Å²) in [6.45, 7) is 2.75. The van der Waals surface area contributed by atoms with Crippen LogP contribution >= 0.6 is 0 Å². The van der Waals surface area contributed by atoms with Crippen molar-refractivity contribution < 1.29 is 4.74 Å². The fraction of sp³-hybridized carbons (Fsp3) is 0.294. The SMILES string of the molecule is COc1cccc(CC(CN)c2ccc(C)cc2)c1. The molecule has 19 heavy (non-hydrogen) atoms. The molecule has 0 saturated heterocycles. The molecule has 0 bridgehead atoms. The van der Waals surface area contributed by atoms with Crippen LogP contribution in [-0.2, 0) is 6.42 Å². The van der Waals surface area contributed by atoms with E-state index in [1.54, 1.807) is 7.11 Å². The Morgan fingerprint density at radius 3 is 2.47 bits per heavy atom. The fourth-order valence-electron chi connectivity index (χ4n) is 2.26. The molecule has 2 nitrogen and oxygen atoms in total. The van der Waals surface area contributed by atoms with Gasteiger partial charge in [0.2, 0.25) is 0 Å². The maximum Gasteiger partial charge on any atom is 0.119 e. The third-order valence-corrected chi connectivity index (χ3v) is 3.45. The van der Waals surface area contributed by atoms with Crippen LogP contribution in [0.15, 0.2) is 48.5 Å². The predicted molar refractivity (Wildman–Crippen MR) is 79.7 cm³/mol. The second-order valence-electron chi connectivity index (χ2n) is 4.90. The van der Waals surface area contributed by atoms with Crippen LogP contribution in [0.2, 0.25) is 0 Å². The normalized spacial score (nSPS) is 12.2. The van der Waals surface area contributed by atoms with E-state index in [-0.39, 0.29) is 0 Å². The molecule has 0 aliphatic heterocycles. The smallest absolute Gasteiger partial charge is 0.119 e. The van der Waals surface area contributed by atoms with Crippen molar-refractivity contribution in [2.24, 2.45) is 5.73 Å². The summed E-state index contributed by atoms with van der Waals surface area (Å²) in [7, 11) is 1.69. The largest absolute Gasteiger partial charge is 0.497 e. The number of methoxy groups -OCH3 is 1. The molecule has 1 unspecified atom stereocenters. The number of hydrogen-bond acceptors (Lipinski definition) is 2. The highest BCUT2D eigenvalue weighted by atomic mass is 16.5. The molecular weight excluding hydrogens is 234 g/mol. The van der Waals surface area contributed by atoms with Gasteiger partial charge in [0, 0.05) is 5.92 Å². The number of hydrogen-bond donors (Lipinski definition) is 1. The van der Waals surface area contributed by atoms with E-state index in [2.05, 4.69) is 43.3 Å². The number of ether oxygens (including phenoxy) is 1. The minimum atomic E-state index is 0.354. The summed E-state index contributed by atoms with van der Waals surface area (Å²) in [5, 5.41) is 0. The first-order valence-electron chi connectivity index (χ1n) is 6.62. The van der Waals surface area contributed by atoms with E-state index in [4.69, 9.17) is 10.5 Å². The fourth-order valence-corrected chi connectivity index (χ4v) is 2.26. The quantitative estimate of drug-likeness (QED) is 0.889. The molecule has 2 aromatic carbocycles. The Kier molecular flexibility index (Phi) is 4.58. The number of benzene rings is 2. The van der Waals surface area contributed by atoms with Crippen LogP contribution in [0.5, 0.6) is 5.75 Å². The minimum absolute atomic E-state index is 0.354. The number of nitrogens with two attached hydrogens (primary N) is 1. The third kappa shape index (κ3) is 3.58. The van der Waals surface area contributed by atoms with Gasteiger partial charge in [-0.2, -0.15) is 0 Å². The molecule has 1 atom stereocenters. The molecule has 0 heterocycles. The lowest BCUT2D eigenvalue weighted by Crippen LogP contribution is -2.15. The van der Waals surface area contributed by atoms with Crippen LogP contribution in [0, 0.1) is 6.92 Å². The molecule has 0 saturated carbocycles. The zero-order valence-corrected chi connectivity index (χ0v) is 11.6. The highest BCUT2D eigenvalue weighted by Crippen LogP contribution is 2.22. The van der Waals surface area contributed by atoms with Gasteiger partial charge in [0.25, 0.3) is 0 Å². The standard InChI is InChI=1S/C17H21NO/c1-13-6-8-15(9-7-13)16(12-18)10-14-4-3-5-17(11-14)19-2/h3-9,11,16H,10,12,18H2,1-2H3. The first kappa shape index (κ1) is 13.6. The van der Waals surface area contributed by atoms with Crippen molar-refractivity contribution in [2.75, 3.05) is 13.7 Å². The predicted octanol–water partition coefficient (Wildman–Crippen LogP) is 3.29. The number of aryl methyl sites for hydroxylation is 1. The summed E-state index contributed by atoms with van der Waals surface area (Å²) < 4.78 is 5.26. The monoisotopic (exact) mass is 255 g/mol. The maximum absolute atomic E-state index is 5.93. The van der Waals surface area contributed by atoms with Crippen LogP contribution in [-0.4, -0.2) is 13.7 Å². The van der Waals surface area contributed by atoms with Gasteiger partial charge in [-0.1, -0.05) is 42.0 Å². The molecule has 0 amide bonds. The molecule has 2 rings (SSSR count). The first-order valence-corrected chi connectivity index (χ1v) is 6.62. The van der Waals surface area contributed by atoms with E-state index >= 15 is 0 Å². The summed E-state index contributed by atoms with van der Waals surface area (Å²) in [4.78, 5) is 0. The van der Waals surface area contributed by atoms with Gasteiger partial charge < -0.3 is 10.5 Å². The van der Waals surface area contributed by atoms with E-state index < -0.39 is 0 Å². The van der Waals surface area contributed by atoms with E-state index in [9.17, 15) is 0 Å². The second-order valence-corrected chi connectivity index (χ2v) is 4.90. The van der Waals surface area contributed by atoms with Crippen molar-refractivity contribution in [3.63, 3.8) is 0 Å². The van der Waals surface area contributed by atoms with E-state index in [1.165, 1.54) is 16.7 Å². The second kappa shape index (κ2) is 6.39. The van der Waals surface area contributed by atoms with Crippen LogP contribution < -0.4 is 10.5 Å². The minimum Gasteiger partial charge on any atom is -0.497 e. The summed E-state index contributed by atoms with van der Waals surface area (Å²) in [6.07, 6.45) is 0.941. The van der Waals surface area contributed by atoms with Gasteiger partial charge in [-0.3, -0.25) is 0 Å². The molecule has 0 aliphatic carbocycles. The highest BCUT2D eigenvalue weighted by molar-refractivity contribution is 5.31. The molecule has 0 aromatic heterocycles. The lowest BCUT2D eigenvalue weighted by molar-refractivity contribution is 0.414. The van der Waals surface area contributed by atoms with E-state index in [0.29, 0.717) is 12.5 Å². The van der Waals surface area contributed by atoms with Crippen molar-refractivity contribution in [1.82, 2.24) is 0 Å². The Hall–Kier alpha value is -1.80. The van der Waals surface area contributed by atoms with Gasteiger partial charge in [0.05, 0.1) is 7.11 Å². The molecule has 0 aliphatic rings. The Morgan fingerprint density at radius 1 is 1.11 bits per heavy atom. The van der Waals surface area contributed by atoms with Crippen molar-refractivity contribution in [3.8, 4) is 5.75 Å². The molecule has 0 radical (unpaired) electrons. The van der Waals surface area contributed by atoms with Gasteiger partial charge in [-0.05, 0) is 43.1 Å². The van der Waals surface area contributed by atoms with Gasteiger partial charge in [-0.25, -0.2) is 0 Å². The summed E-state index contributed by atoms with van der Waals surface area (Å²) in [5.74, 6) is 1.25. The average molecular weight is 255 g/mol. The topological polar surface area (TPSA) is 35.2 Å². The summed E-state index contributed by atoms with van der Waals surface area (Å²) >= 11 is 0. The zero-order chi connectivity index (χ0) is 13.7. The molecule has 2 N–H and O–H groups in total. The number of rotatable bonds is 5. The van der Waals surface area contributed by atoms with Gasteiger partial charge in [0.1, 0.15) is 5.75 Å².